The van der Waals surface area contributed by atoms with Gasteiger partial charge in [-0.1, -0.05) is 0 Å². The molecule has 0 radical (unpaired) electrons. The zero-order chi connectivity index (χ0) is 23.6. The fraction of sp³-hybridized carbons (Fsp3) is 1.00. The van der Waals surface area contributed by atoms with Crippen LogP contribution in [0.4, 0.5) is 0 Å². The van der Waals surface area contributed by atoms with Gasteiger partial charge in [0.1, 0.15) is 5.28 Å². The molecule has 30 heavy (non-hydrogen) atoms. The molecule has 0 spiro atoms. The van der Waals surface area contributed by atoms with Crippen LogP contribution < -0.4 is 0 Å². The summed E-state index contributed by atoms with van der Waals surface area (Å²) >= 11 is 0. The third-order valence-corrected chi connectivity index (χ3v) is 4.74. The van der Waals surface area contributed by atoms with Gasteiger partial charge < -0.3 is 0 Å². The highest BCUT2D eigenvalue weighted by molar-refractivity contribution is 7.82. The molecule has 0 aliphatic rings. The number of rotatable bonds is 16. The summed E-state index contributed by atoms with van der Waals surface area (Å²) in [7, 11) is -20.1. The Balaban J connectivity index is 5.44. The van der Waals surface area contributed by atoms with Crippen molar-refractivity contribution in [2.45, 2.75) is 31.5 Å². The van der Waals surface area contributed by atoms with Crippen molar-refractivity contribution in [3.05, 3.63) is 10.4 Å². The van der Waals surface area contributed by atoms with Crippen LogP contribution in [0.25, 0.3) is 10.4 Å². The summed E-state index contributed by atoms with van der Waals surface area (Å²) in [5.74, 6) is 0. The van der Waals surface area contributed by atoms with E-state index in [4.69, 9.17) is 19.2 Å². The summed E-state index contributed by atoms with van der Waals surface area (Å²) in [4.78, 5) is 1.97. The Bertz CT molecular complexity index is 1010. The first-order chi connectivity index (χ1) is 13.4. The molecule has 19 nitrogen and oxygen atoms in total. The van der Waals surface area contributed by atoms with Crippen molar-refractivity contribution < 1.29 is 68.3 Å². The highest BCUT2D eigenvalue weighted by Gasteiger charge is 2.28. The lowest BCUT2D eigenvalue weighted by Gasteiger charge is -2.21. The zero-order valence-corrected chi connectivity index (χ0v) is 17.6. The first kappa shape index (κ1) is 28.6. The Kier molecular flexibility index (Phi) is 11.3. The Morgan fingerprint density at radius 2 is 1.20 bits per heavy atom. The average Bonchev–Trinajstić information content (AvgIpc) is 2.48. The maximum atomic E-state index is 11.5. The minimum absolute atomic E-state index is 0.699. The van der Waals surface area contributed by atoms with E-state index in [1.165, 1.54) is 0 Å². The standard InChI is InChI=1S/C7H15N3O16S4/c8-9-10-26-30(20,21)25-7(2-4-23-28(14,15)16)5-6(24-29(17,18)19)1-3-22-27(11,12)13/h6-7H,1-5H2,(H,11,12,13)(H,14,15,16)(H,17,18,19). The van der Waals surface area contributed by atoms with Gasteiger partial charge in [-0.3, -0.25) is 17.9 Å². The molecule has 178 valence electrons. The van der Waals surface area contributed by atoms with Crippen LogP contribution in [0.1, 0.15) is 19.3 Å². The van der Waals surface area contributed by atoms with Crippen molar-refractivity contribution in [1.82, 2.24) is 0 Å². The minimum Gasteiger partial charge on any atom is -0.289 e. The van der Waals surface area contributed by atoms with E-state index in [1.807, 2.05) is 4.91 Å². The van der Waals surface area contributed by atoms with E-state index < -0.39 is 86.3 Å². The van der Waals surface area contributed by atoms with Gasteiger partial charge in [-0.05, 0) is 5.53 Å². The third-order valence-electron chi connectivity index (χ3n) is 2.54. The maximum Gasteiger partial charge on any atom is 0.455 e. The molecule has 0 aliphatic heterocycles. The van der Waals surface area contributed by atoms with Crippen molar-refractivity contribution in [3.63, 3.8) is 0 Å². The monoisotopic (exact) mass is 525 g/mol. The van der Waals surface area contributed by atoms with Crippen molar-refractivity contribution >= 4 is 41.6 Å². The Labute approximate surface area is 170 Å². The smallest absolute Gasteiger partial charge is 0.289 e. The van der Waals surface area contributed by atoms with Gasteiger partial charge in [0.25, 0.3) is 0 Å². The summed E-state index contributed by atoms with van der Waals surface area (Å²) in [6.45, 7) is -1.82. The number of hydrogen-bond donors (Lipinski definition) is 3. The van der Waals surface area contributed by atoms with Gasteiger partial charge in [0.05, 0.1) is 25.4 Å². The normalized spacial score (nSPS) is 15.2. The molecule has 0 saturated carbocycles. The van der Waals surface area contributed by atoms with Crippen LogP contribution in [0.15, 0.2) is 5.28 Å². The highest BCUT2D eigenvalue weighted by atomic mass is 32.3. The van der Waals surface area contributed by atoms with E-state index in [-0.39, 0.29) is 0 Å². The van der Waals surface area contributed by atoms with Gasteiger partial charge in [0.15, 0.2) is 0 Å². The van der Waals surface area contributed by atoms with E-state index in [0.717, 1.165) is 0 Å². The molecule has 0 fully saturated rings. The SMILES string of the molecule is [N-]=[N+]=NOS(=O)(=O)OC(CCOS(=O)(=O)O)CC(CCOS(=O)(=O)O)OS(=O)(=O)O. The summed E-state index contributed by atoms with van der Waals surface area (Å²) in [5, 5.41) is 2.25. The summed E-state index contributed by atoms with van der Waals surface area (Å²) in [5.41, 5.74) is 8.03. The molecule has 0 rings (SSSR count). The molecule has 0 bridgehead atoms. The summed E-state index contributed by atoms with van der Waals surface area (Å²) in [6.07, 6.45) is -5.75. The minimum atomic E-state index is -5.17. The molecule has 0 saturated heterocycles. The van der Waals surface area contributed by atoms with Crippen molar-refractivity contribution in [3.8, 4) is 0 Å². The zero-order valence-electron chi connectivity index (χ0n) is 14.3. The van der Waals surface area contributed by atoms with Crippen molar-refractivity contribution in [1.29, 1.82) is 0 Å². The second-order valence-corrected chi connectivity index (χ2v) is 9.22. The fourth-order valence-electron chi connectivity index (χ4n) is 1.69. The lowest BCUT2D eigenvalue weighted by Crippen LogP contribution is -2.30. The van der Waals surface area contributed by atoms with E-state index in [2.05, 4.69) is 26.3 Å². The van der Waals surface area contributed by atoms with Gasteiger partial charge in [0, 0.05) is 24.2 Å². The largest absolute Gasteiger partial charge is 0.455 e. The van der Waals surface area contributed by atoms with Gasteiger partial charge in [-0.25, -0.2) is 16.7 Å². The van der Waals surface area contributed by atoms with Crippen LogP contribution in [0.3, 0.4) is 0 Å². The molecule has 0 aromatic carbocycles. The van der Waals surface area contributed by atoms with Crippen LogP contribution in [0.2, 0.25) is 0 Å². The first-order valence-corrected chi connectivity index (χ1v) is 12.4. The molecule has 0 heterocycles. The average molecular weight is 525 g/mol. The summed E-state index contributed by atoms with van der Waals surface area (Å²) in [6, 6.07) is 0. The van der Waals surface area contributed by atoms with Crippen molar-refractivity contribution in [2.75, 3.05) is 13.2 Å². The molecule has 3 N–H and O–H groups in total. The molecule has 2 atom stereocenters. The van der Waals surface area contributed by atoms with Crippen LogP contribution in [0.5, 0.6) is 0 Å². The number of hydrogen-bond acceptors (Lipinski definition) is 14. The van der Waals surface area contributed by atoms with Crippen LogP contribution in [0, 0.1) is 0 Å². The molecular weight excluding hydrogens is 510 g/mol. The lowest BCUT2D eigenvalue weighted by atomic mass is 10.1. The first-order valence-electron chi connectivity index (χ1n) is 6.98. The lowest BCUT2D eigenvalue weighted by molar-refractivity contribution is 0.0694. The molecule has 0 aliphatic carbocycles. The highest BCUT2D eigenvalue weighted by Crippen LogP contribution is 2.18. The van der Waals surface area contributed by atoms with E-state index in [0.29, 0.717) is 0 Å². The second kappa shape index (κ2) is 11.9. The van der Waals surface area contributed by atoms with E-state index in [1.54, 1.807) is 0 Å². The van der Waals surface area contributed by atoms with Crippen molar-refractivity contribution in [2.24, 2.45) is 5.28 Å². The predicted molar refractivity (Wildman–Crippen MR) is 89.3 cm³/mol. The Morgan fingerprint density at radius 1 is 0.767 bits per heavy atom. The number of nitrogens with zero attached hydrogens (tertiary/aromatic N) is 3. The summed E-state index contributed by atoms with van der Waals surface area (Å²) < 4.78 is 133. The van der Waals surface area contributed by atoms with Gasteiger partial charge in [0.2, 0.25) is 0 Å². The van der Waals surface area contributed by atoms with Crippen LogP contribution in [-0.2, 0) is 62.6 Å². The topological polar surface area (TPSA) is 292 Å². The van der Waals surface area contributed by atoms with E-state index >= 15 is 0 Å². The molecule has 23 heteroatoms. The third kappa shape index (κ3) is 17.5. The molecule has 0 aromatic heterocycles. The van der Waals surface area contributed by atoms with Gasteiger partial charge >= 0.3 is 41.6 Å². The molecule has 0 amide bonds. The molecule has 0 aromatic rings. The van der Waals surface area contributed by atoms with Crippen LogP contribution in [-0.4, -0.2) is 72.8 Å². The molecular formula is C7H15N3O16S4. The van der Waals surface area contributed by atoms with Crippen LogP contribution >= 0.6 is 0 Å². The Hall–Kier alpha value is -1.37. The van der Waals surface area contributed by atoms with E-state index in [9.17, 15) is 33.7 Å². The Morgan fingerprint density at radius 3 is 1.57 bits per heavy atom. The second-order valence-electron chi connectivity index (χ2n) is 4.83. The number of azide groups is 1. The van der Waals surface area contributed by atoms with Gasteiger partial charge in [-0.2, -0.15) is 33.7 Å². The molecule has 2 unspecified atom stereocenters. The quantitative estimate of drug-likeness (QED) is 0.0704. The fourth-order valence-corrected chi connectivity index (χ4v) is 3.47. The van der Waals surface area contributed by atoms with Gasteiger partial charge in [-0.15, -0.1) is 0 Å². The predicted octanol–water partition coefficient (Wildman–Crippen LogP) is -1.14. The maximum absolute atomic E-state index is 11.5.